The zero-order valence-electron chi connectivity index (χ0n) is 10.5. The van der Waals surface area contributed by atoms with Crippen molar-refractivity contribution in [2.75, 3.05) is 6.54 Å². The van der Waals surface area contributed by atoms with E-state index in [1.165, 1.54) is 0 Å². The Morgan fingerprint density at radius 2 is 1.89 bits per heavy atom. The fourth-order valence-electron chi connectivity index (χ4n) is 1.29. The van der Waals surface area contributed by atoms with Gasteiger partial charge in [0.15, 0.2) is 0 Å². The van der Waals surface area contributed by atoms with Crippen LogP contribution < -0.4 is 5.32 Å². The van der Waals surface area contributed by atoms with Crippen LogP contribution in [0.5, 0.6) is 0 Å². The summed E-state index contributed by atoms with van der Waals surface area (Å²) in [5, 5.41) is 10.2. The van der Waals surface area contributed by atoms with E-state index in [1.54, 1.807) is 31.2 Å². The van der Waals surface area contributed by atoms with Crippen LogP contribution in [0.3, 0.4) is 0 Å². The first-order chi connectivity index (χ1) is 9.00. The molecule has 0 heterocycles. The van der Waals surface area contributed by atoms with Crippen molar-refractivity contribution in [1.82, 2.24) is 5.32 Å². The van der Waals surface area contributed by atoms with Crippen LogP contribution in [0.25, 0.3) is 0 Å². The lowest BCUT2D eigenvalue weighted by atomic mass is 10.2. The molecule has 0 saturated heterocycles. The molecule has 0 spiro atoms. The van der Waals surface area contributed by atoms with Gasteiger partial charge in [-0.1, -0.05) is 42.1 Å². The normalized spacial score (nSPS) is 11.6. The van der Waals surface area contributed by atoms with E-state index in [0.29, 0.717) is 5.56 Å². The van der Waals surface area contributed by atoms with Gasteiger partial charge in [0.05, 0.1) is 11.7 Å². The van der Waals surface area contributed by atoms with E-state index in [4.69, 9.17) is 5.11 Å². The highest BCUT2D eigenvalue weighted by Gasteiger charge is 2.18. The Bertz CT molecular complexity index is 461. The first-order valence-corrected chi connectivity index (χ1v) is 6.64. The maximum absolute atomic E-state index is 11.8. The maximum Gasteiger partial charge on any atom is 0.305 e. The highest BCUT2D eigenvalue weighted by molar-refractivity contribution is 8.15. The summed E-state index contributed by atoms with van der Waals surface area (Å²) in [6.45, 7) is 1.68. The van der Waals surface area contributed by atoms with Gasteiger partial charge in [-0.2, -0.15) is 0 Å². The van der Waals surface area contributed by atoms with Crippen molar-refractivity contribution in [3.8, 4) is 0 Å². The second-order valence-electron chi connectivity index (χ2n) is 3.85. The lowest BCUT2D eigenvalue weighted by molar-refractivity contribution is -0.136. The zero-order chi connectivity index (χ0) is 14.3. The van der Waals surface area contributed by atoms with Crippen molar-refractivity contribution in [3.05, 3.63) is 35.9 Å². The molecule has 2 N–H and O–H groups in total. The van der Waals surface area contributed by atoms with Gasteiger partial charge in [0.25, 0.3) is 0 Å². The quantitative estimate of drug-likeness (QED) is 0.826. The monoisotopic (exact) mass is 281 g/mol. The molecule has 0 aliphatic heterocycles. The largest absolute Gasteiger partial charge is 0.481 e. The van der Waals surface area contributed by atoms with Crippen molar-refractivity contribution in [1.29, 1.82) is 0 Å². The van der Waals surface area contributed by atoms with Crippen LogP contribution in [-0.2, 0) is 9.59 Å². The molecule has 1 aromatic carbocycles. The minimum atomic E-state index is -0.971. The summed E-state index contributed by atoms with van der Waals surface area (Å²) in [5.41, 5.74) is 0.540. The third kappa shape index (κ3) is 5.56. The third-order valence-electron chi connectivity index (χ3n) is 2.30. The van der Waals surface area contributed by atoms with Gasteiger partial charge in [0.2, 0.25) is 11.0 Å². The summed E-state index contributed by atoms with van der Waals surface area (Å²) >= 11 is 0.921. The molecule has 0 radical (unpaired) electrons. The predicted octanol–water partition coefficient (Wildman–Crippen LogP) is 1.54. The number of thioether (sulfide) groups is 1. The van der Waals surface area contributed by atoms with Gasteiger partial charge in [-0.25, -0.2) is 0 Å². The van der Waals surface area contributed by atoms with Crippen molar-refractivity contribution in [3.63, 3.8) is 0 Å². The molecule has 6 heteroatoms. The first kappa shape index (κ1) is 15.2. The van der Waals surface area contributed by atoms with E-state index in [1.807, 2.05) is 6.07 Å². The number of rotatable bonds is 6. The van der Waals surface area contributed by atoms with E-state index in [0.717, 1.165) is 11.8 Å². The summed E-state index contributed by atoms with van der Waals surface area (Å²) in [4.78, 5) is 33.7. The number of carbonyl (C=O) groups is 3. The molecule has 1 unspecified atom stereocenters. The number of nitrogens with one attached hydrogen (secondary N) is 1. The number of carboxylic acids is 1. The van der Waals surface area contributed by atoms with Crippen LogP contribution in [0.1, 0.15) is 23.7 Å². The summed E-state index contributed by atoms with van der Waals surface area (Å²) < 4.78 is 0. The molecule has 5 nitrogen and oxygen atoms in total. The van der Waals surface area contributed by atoms with E-state index in [2.05, 4.69) is 5.32 Å². The van der Waals surface area contributed by atoms with Gasteiger partial charge in [0.1, 0.15) is 0 Å². The Kier molecular flexibility index (Phi) is 6.08. The molecule has 0 saturated carbocycles. The summed E-state index contributed by atoms with van der Waals surface area (Å²) in [5.74, 6) is -1.31. The Morgan fingerprint density at radius 3 is 2.47 bits per heavy atom. The van der Waals surface area contributed by atoms with Crippen molar-refractivity contribution >= 4 is 28.8 Å². The lowest BCUT2D eigenvalue weighted by Crippen LogP contribution is -2.33. The topological polar surface area (TPSA) is 83.5 Å². The van der Waals surface area contributed by atoms with Gasteiger partial charge in [0, 0.05) is 12.1 Å². The number of carboxylic acid groups (broad SMARTS) is 1. The van der Waals surface area contributed by atoms with Gasteiger partial charge >= 0.3 is 5.97 Å². The number of aliphatic carboxylic acids is 1. The fraction of sp³-hybridized carbons (Fsp3) is 0.308. The minimum Gasteiger partial charge on any atom is -0.481 e. The minimum absolute atomic E-state index is 0.0680. The van der Waals surface area contributed by atoms with Crippen LogP contribution in [-0.4, -0.2) is 33.9 Å². The number of amides is 1. The van der Waals surface area contributed by atoms with Crippen molar-refractivity contribution in [2.24, 2.45) is 0 Å². The number of hydrogen-bond acceptors (Lipinski definition) is 4. The molecule has 0 aliphatic rings. The first-order valence-electron chi connectivity index (χ1n) is 5.76. The number of benzene rings is 1. The molecule has 0 bridgehead atoms. The summed E-state index contributed by atoms with van der Waals surface area (Å²) in [7, 11) is 0. The highest BCUT2D eigenvalue weighted by atomic mass is 32.2. The molecule has 1 amide bonds. The standard InChI is InChI=1S/C13H15NO4S/c1-9(12(17)14-8-7-11(15)16)19-13(18)10-5-3-2-4-6-10/h2-6,9H,7-8H2,1H3,(H,14,17)(H,15,16). The number of carbonyl (C=O) groups excluding carboxylic acids is 2. The van der Waals surface area contributed by atoms with Gasteiger partial charge < -0.3 is 10.4 Å². The Morgan fingerprint density at radius 1 is 1.26 bits per heavy atom. The number of hydrogen-bond donors (Lipinski definition) is 2. The second-order valence-corrected chi connectivity index (χ2v) is 5.16. The predicted molar refractivity (Wildman–Crippen MR) is 73.1 cm³/mol. The highest BCUT2D eigenvalue weighted by Crippen LogP contribution is 2.17. The van der Waals surface area contributed by atoms with E-state index < -0.39 is 11.2 Å². The van der Waals surface area contributed by atoms with Crippen LogP contribution in [0, 0.1) is 0 Å². The molecule has 19 heavy (non-hydrogen) atoms. The summed E-state index contributed by atoms with van der Waals surface area (Å²) in [6.07, 6.45) is -0.129. The van der Waals surface area contributed by atoms with Crippen LogP contribution in [0.2, 0.25) is 0 Å². The average Bonchev–Trinajstić information content (AvgIpc) is 2.39. The molecular formula is C13H15NO4S. The Hall–Kier alpha value is -1.82. The fourth-order valence-corrected chi connectivity index (χ4v) is 2.08. The van der Waals surface area contributed by atoms with Gasteiger partial charge in [-0.05, 0) is 6.92 Å². The van der Waals surface area contributed by atoms with Crippen molar-refractivity contribution in [2.45, 2.75) is 18.6 Å². The van der Waals surface area contributed by atoms with Crippen LogP contribution in [0.15, 0.2) is 30.3 Å². The smallest absolute Gasteiger partial charge is 0.305 e. The molecule has 1 rings (SSSR count). The van der Waals surface area contributed by atoms with E-state index in [9.17, 15) is 14.4 Å². The van der Waals surface area contributed by atoms with E-state index in [-0.39, 0.29) is 24.0 Å². The maximum atomic E-state index is 11.8. The summed E-state index contributed by atoms with van der Waals surface area (Å²) in [6, 6.07) is 8.69. The molecule has 0 aliphatic carbocycles. The zero-order valence-corrected chi connectivity index (χ0v) is 11.3. The Labute approximate surface area is 115 Å². The lowest BCUT2D eigenvalue weighted by Gasteiger charge is -2.10. The molecule has 0 aromatic heterocycles. The SMILES string of the molecule is CC(SC(=O)c1ccccc1)C(=O)NCCC(=O)O. The van der Waals surface area contributed by atoms with Crippen LogP contribution in [0.4, 0.5) is 0 Å². The second kappa shape index (κ2) is 7.58. The van der Waals surface area contributed by atoms with E-state index >= 15 is 0 Å². The third-order valence-corrected chi connectivity index (χ3v) is 3.32. The molecule has 1 aromatic rings. The average molecular weight is 281 g/mol. The van der Waals surface area contributed by atoms with Gasteiger partial charge in [-0.15, -0.1) is 0 Å². The molecule has 1 atom stereocenters. The van der Waals surface area contributed by atoms with Crippen LogP contribution >= 0.6 is 11.8 Å². The van der Waals surface area contributed by atoms with Crippen molar-refractivity contribution < 1.29 is 19.5 Å². The molecular weight excluding hydrogens is 266 g/mol. The Balaban J connectivity index is 2.41. The molecule has 0 fully saturated rings. The molecule has 102 valence electrons. The van der Waals surface area contributed by atoms with Gasteiger partial charge in [-0.3, -0.25) is 14.4 Å².